The van der Waals surface area contributed by atoms with Crippen LogP contribution >= 0.6 is 0 Å². The van der Waals surface area contributed by atoms with Gasteiger partial charge in [0, 0.05) is 0 Å². The maximum Gasteiger partial charge on any atom is 0.290 e. The Morgan fingerprint density at radius 3 is 2.07 bits per heavy atom. The zero-order valence-corrected chi connectivity index (χ0v) is 19.4. The molecule has 0 N–H and O–H groups in total. The van der Waals surface area contributed by atoms with E-state index in [-0.39, 0.29) is 11.0 Å². The molecule has 0 aliphatic heterocycles. The van der Waals surface area contributed by atoms with Crippen LogP contribution in [0, 0.1) is 6.92 Å². The summed E-state index contributed by atoms with van der Waals surface area (Å²) in [5, 5.41) is 0. The number of aromatic nitrogens is 2. The highest BCUT2D eigenvalue weighted by Gasteiger charge is 2.33. The first-order chi connectivity index (χ1) is 12.8. The summed E-state index contributed by atoms with van der Waals surface area (Å²) < 4.78 is 4.91. The van der Waals surface area contributed by atoms with E-state index in [0.29, 0.717) is 5.92 Å². The van der Waals surface area contributed by atoms with Crippen molar-refractivity contribution in [2.45, 2.75) is 79.2 Å². The lowest BCUT2D eigenvalue weighted by Crippen LogP contribution is -2.51. The van der Waals surface area contributed by atoms with Crippen molar-refractivity contribution in [3.63, 3.8) is 0 Å². The molecule has 150 valence electrons. The number of hydrogen-bond acceptors (Lipinski definition) is 0. The molecule has 0 amide bonds. The van der Waals surface area contributed by atoms with Gasteiger partial charge in [0.05, 0.1) is 12.6 Å². The van der Waals surface area contributed by atoms with E-state index in [1.54, 1.807) is 0 Å². The Morgan fingerprint density at radius 2 is 1.54 bits per heavy atom. The van der Waals surface area contributed by atoms with Gasteiger partial charge < -0.3 is 0 Å². The second kappa shape index (κ2) is 6.76. The first-order valence-electron chi connectivity index (χ1n) is 10.5. The molecule has 0 aliphatic carbocycles. The minimum absolute atomic E-state index is 0.0155. The third-order valence-corrected chi connectivity index (χ3v) is 5.81. The average molecular weight is 378 g/mol. The summed E-state index contributed by atoms with van der Waals surface area (Å²) in [6.45, 7) is 20.5. The molecule has 1 aromatic heterocycles. The van der Waals surface area contributed by atoms with Gasteiger partial charge in [0.2, 0.25) is 0 Å². The Morgan fingerprint density at radius 1 is 0.893 bits per heavy atom. The molecular formula is C26H37N2+. The van der Waals surface area contributed by atoms with Crippen molar-refractivity contribution >= 4 is 11.0 Å². The van der Waals surface area contributed by atoms with Gasteiger partial charge >= 0.3 is 0 Å². The van der Waals surface area contributed by atoms with Crippen molar-refractivity contribution in [2.75, 3.05) is 0 Å². The van der Waals surface area contributed by atoms with Gasteiger partial charge in [0.15, 0.2) is 11.0 Å². The summed E-state index contributed by atoms with van der Waals surface area (Å²) in [4.78, 5) is 0. The predicted molar refractivity (Wildman–Crippen MR) is 121 cm³/mol. The first kappa shape index (κ1) is 20.6. The molecule has 0 radical (unpaired) electrons. The van der Waals surface area contributed by atoms with Gasteiger partial charge in [0.1, 0.15) is 5.54 Å². The lowest BCUT2D eigenvalue weighted by molar-refractivity contribution is -0.721. The molecular weight excluding hydrogens is 340 g/mol. The van der Waals surface area contributed by atoms with Gasteiger partial charge in [-0.2, -0.15) is 0 Å². The van der Waals surface area contributed by atoms with E-state index in [1.807, 2.05) is 0 Å². The topological polar surface area (TPSA) is 8.81 Å². The molecule has 3 rings (SSSR count). The van der Waals surface area contributed by atoms with E-state index < -0.39 is 0 Å². The second-order valence-electron chi connectivity index (χ2n) is 10.6. The van der Waals surface area contributed by atoms with E-state index >= 15 is 0 Å². The third-order valence-electron chi connectivity index (χ3n) is 5.81. The van der Waals surface area contributed by atoms with Crippen LogP contribution in [0.25, 0.3) is 22.4 Å². The third kappa shape index (κ3) is 3.50. The molecule has 0 bridgehead atoms. The molecule has 2 nitrogen and oxygen atoms in total. The highest BCUT2D eigenvalue weighted by molar-refractivity contribution is 5.78. The predicted octanol–water partition coefficient (Wildman–Crippen LogP) is 6.62. The van der Waals surface area contributed by atoms with Crippen LogP contribution in [0.2, 0.25) is 0 Å². The fourth-order valence-corrected chi connectivity index (χ4v) is 4.05. The fourth-order valence-electron chi connectivity index (χ4n) is 4.05. The van der Waals surface area contributed by atoms with Crippen LogP contribution in [0.1, 0.15) is 78.0 Å². The van der Waals surface area contributed by atoms with Crippen LogP contribution < -0.4 is 4.57 Å². The summed E-state index contributed by atoms with van der Waals surface area (Å²) in [6, 6.07) is 13.9. The Kier molecular flexibility index (Phi) is 4.98. The molecule has 0 spiro atoms. The molecule has 0 fully saturated rings. The largest absolute Gasteiger partial charge is 0.290 e. The Hall–Kier alpha value is -2.09. The SMILES string of the molecule is Cc1ccc(C(C)(C)C)cc1-c1n(C)c2cc(C(C)C)ccc2[n+]1C(C)(C)C. The van der Waals surface area contributed by atoms with E-state index in [0.717, 1.165) is 0 Å². The summed E-state index contributed by atoms with van der Waals surface area (Å²) in [7, 11) is 2.22. The molecule has 2 aromatic carbocycles. The number of imidazole rings is 1. The number of benzene rings is 2. The molecule has 28 heavy (non-hydrogen) atoms. The standard InChI is InChI=1S/C26H37N2/c1-17(2)19-12-14-22-23(15-19)27(10)24(28(22)26(7,8)9)21-16-20(25(4,5)6)13-11-18(21)3/h11-17H,1-10H3/q+1. The van der Waals surface area contributed by atoms with Crippen molar-refractivity contribution in [1.82, 2.24) is 4.57 Å². The van der Waals surface area contributed by atoms with Gasteiger partial charge in [-0.3, -0.25) is 0 Å². The van der Waals surface area contributed by atoms with Gasteiger partial charge in [-0.05, 0) is 73.9 Å². The molecule has 1 heterocycles. The maximum absolute atomic E-state index is 2.52. The Bertz CT molecular complexity index is 1020. The number of aryl methyl sites for hydroxylation is 2. The number of nitrogens with zero attached hydrogens (tertiary/aromatic N) is 2. The van der Waals surface area contributed by atoms with Crippen LogP contribution in [-0.2, 0) is 18.0 Å². The number of rotatable bonds is 2. The van der Waals surface area contributed by atoms with Crippen molar-refractivity contribution in [2.24, 2.45) is 7.05 Å². The molecule has 2 heteroatoms. The van der Waals surface area contributed by atoms with E-state index in [2.05, 4.69) is 115 Å². The minimum Gasteiger partial charge on any atom is -0.226 e. The molecule has 0 saturated carbocycles. The van der Waals surface area contributed by atoms with Gasteiger partial charge in [-0.15, -0.1) is 0 Å². The summed E-state index contributed by atoms with van der Waals surface area (Å²) in [5.41, 5.74) is 8.13. The average Bonchev–Trinajstić information content (AvgIpc) is 2.86. The number of hydrogen-bond donors (Lipinski definition) is 0. The van der Waals surface area contributed by atoms with Crippen LogP contribution in [0.4, 0.5) is 0 Å². The number of fused-ring (bicyclic) bond motifs is 1. The van der Waals surface area contributed by atoms with Crippen molar-refractivity contribution in [3.05, 3.63) is 53.1 Å². The van der Waals surface area contributed by atoms with E-state index in [9.17, 15) is 0 Å². The molecule has 0 atom stereocenters. The quantitative estimate of drug-likeness (QED) is 0.444. The Labute approximate surface area is 171 Å². The minimum atomic E-state index is -0.0155. The van der Waals surface area contributed by atoms with Crippen LogP contribution in [-0.4, -0.2) is 4.57 Å². The molecule has 3 aromatic rings. The zero-order chi connectivity index (χ0) is 21.0. The second-order valence-corrected chi connectivity index (χ2v) is 10.6. The lowest BCUT2D eigenvalue weighted by Gasteiger charge is -2.22. The van der Waals surface area contributed by atoms with Crippen molar-refractivity contribution in [1.29, 1.82) is 0 Å². The van der Waals surface area contributed by atoms with Gasteiger partial charge in [0.25, 0.3) is 5.82 Å². The van der Waals surface area contributed by atoms with Crippen LogP contribution in [0.5, 0.6) is 0 Å². The first-order valence-corrected chi connectivity index (χ1v) is 10.5. The Balaban J connectivity index is 2.43. The van der Waals surface area contributed by atoms with Crippen molar-refractivity contribution < 1.29 is 4.57 Å². The summed E-state index contributed by atoms with van der Waals surface area (Å²) in [6.07, 6.45) is 0. The van der Waals surface area contributed by atoms with E-state index in [1.165, 1.54) is 39.1 Å². The smallest absolute Gasteiger partial charge is 0.226 e. The summed E-state index contributed by atoms with van der Waals surface area (Å²) in [5.74, 6) is 1.81. The maximum atomic E-state index is 2.52. The fraction of sp³-hybridized carbons (Fsp3) is 0.500. The lowest BCUT2D eigenvalue weighted by atomic mass is 9.85. The highest BCUT2D eigenvalue weighted by Crippen LogP contribution is 2.33. The van der Waals surface area contributed by atoms with Gasteiger partial charge in [-0.25, -0.2) is 9.13 Å². The van der Waals surface area contributed by atoms with E-state index in [4.69, 9.17) is 0 Å². The van der Waals surface area contributed by atoms with Gasteiger partial charge in [-0.1, -0.05) is 52.8 Å². The zero-order valence-electron chi connectivity index (χ0n) is 19.4. The highest BCUT2D eigenvalue weighted by atomic mass is 15.2. The molecule has 0 unspecified atom stereocenters. The van der Waals surface area contributed by atoms with Crippen LogP contribution in [0.15, 0.2) is 36.4 Å². The summed E-state index contributed by atoms with van der Waals surface area (Å²) >= 11 is 0. The van der Waals surface area contributed by atoms with Crippen LogP contribution in [0.3, 0.4) is 0 Å². The molecule has 0 aliphatic rings. The molecule has 0 saturated heterocycles. The monoisotopic (exact) mass is 377 g/mol. The van der Waals surface area contributed by atoms with Crippen molar-refractivity contribution in [3.8, 4) is 11.4 Å². The normalized spacial score (nSPS) is 13.0.